The van der Waals surface area contributed by atoms with E-state index < -0.39 is 5.25 Å². The minimum absolute atomic E-state index is 0.0658. The Morgan fingerprint density at radius 2 is 2.11 bits per heavy atom. The highest BCUT2D eigenvalue weighted by molar-refractivity contribution is 8.00. The van der Waals surface area contributed by atoms with Crippen molar-refractivity contribution in [3.63, 3.8) is 0 Å². The summed E-state index contributed by atoms with van der Waals surface area (Å²) in [7, 11) is 0. The van der Waals surface area contributed by atoms with Crippen LogP contribution in [-0.2, 0) is 11.3 Å². The molecule has 8 heteroatoms. The molecule has 1 amide bonds. The van der Waals surface area contributed by atoms with Gasteiger partial charge in [0.05, 0.1) is 16.2 Å². The monoisotopic (exact) mass is 400 g/mol. The normalized spacial score (nSPS) is 12.2. The van der Waals surface area contributed by atoms with Gasteiger partial charge in [-0.3, -0.25) is 14.2 Å². The van der Waals surface area contributed by atoms with Crippen LogP contribution in [-0.4, -0.2) is 25.9 Å². The van der Waals surface area contributed by atoms with Gasteiger partial charge in [-0.15, -0.1) is 0 Å². The number of para-hydroxylation sites is 1. The Bertz CT molecular complexity index is 1030. The molecule has 148 valence electrons. The summed E-state index contributed by atoms with van der Waals surface area (Å²) < 4.78 is 6.68. The lowest BCUT2D eigenvalue weighted by Gasteiger charge is -2.17. The van der Waals surface area contributed by atoms with E-state index >= 15 is 0 Å². The highest BCUT2D eigenvalue weighted by Crippen LogP contribution is 2.26. The number of carbonyl (C=O) groups excluding carboxylic acids is 1. The van der Waals surface area contributed by atoms with Crippen LogP contribution in [0, 0.1) is 6.92 Å². The molecule has 1 aromatic carbocycles. The summed E-state index contributed by atoms with van der Waals surface area (Å²) in [5.74, 6) is 0.822. The zero-order valence-electron chi connectivity index (χ0n) is 16.3. The third kappa shape index (κ3) is 4.44. The quantitative estimate of drug-likeness (QED) is 0.454. The highest BCUT2D eigenvalue weighted by Gasteiger charge is 2.22. The molecule has 1 unspecified atom stereocenters. The number of nitrogens with zero attached hydrogens (tertiary/aromatic N) is 3. The first kappa shape index (κ1) is 20.1. The van der Waals surface area contributed by atoms with Crippen LogP contribution in [0.5, 0.6) is 0 Å². The zero-order chi connectivity index (χ0) is 20.1. The minimum Gasteiger partial charge on any atom is -0.360 e. The highest BCUT2D eigenvalue weighted by atomic mass is 32.2. The molecule has 3 aromatic rings. The largest absolute Gasteiger partial charge is 0.360 e. The average molecular weight is 401 g/mol. The van der Waals surface area contributed by atoms with Crippen molar-refractivity contribution in [2.24, 2.45) is 0 Å². The Hall–Kier alpha value is -2.61. The van der Waals surface area contributed by atoms with Gasteiger partial charge in [-0.2, -0.15) is 0 Å². The molecular weight excluding hydrogens is 376 g/mol. The predicted octanol–water partition coefficient (Wildman–Crippen LogP) is 4.00. The number of hydrogen-bond donors (Lipinski definition) is 1. The molecule has 3 rings (SSSR count). The molecule has 1 atom stereocenters. The number of nitrogens with one attached hydrogen (secondary N) is 1. The first-order valence-electron chi connectivity index (χ1n) is 9.43. The summed E-state index contributed by atoms with van der Waals surface area (Å²) in [5, 5.41) is 7.33. The molecule has 0 spiro atoms. The second kappa shape index (κ2) is 9.05. The van der Waals surface area contributed by atoms with Gasteiger partial charge >= 0.3 is 0 Å². The number of thioether (sulfide) groups is 1. The number of fused-ring (bicyclic) bond motifs is 1. The zero-order valence-corrected chi connectivity index (χ0v) is 17.1. The molecule has 0 saturated carbocycles. The lowest BCUT2D eigenvalue weighted by molar-refractivity contribution is -0.115. The molecular formula is C20H24N4O3S. The van der Waals surface area contributed by atoms with Crippen molar-refractivity contribution in [1.29, 1.82) is 0 Å². The van der Waals surface area contributed by atoms with Crippen LogP contribution < -0.4 is 10.9 Å². The smallest absolute Gasteiger partial charge is 0.262 e. The first-order chi connectivity index (χ1) is 13.5. The fourth-order valence-corrected chi connectivity index (χ4v) is 3.87. The number of amides is 1. The maximum absolute atomic E-state index is 13.0. The minimum atomic E-state index is -0.405. The van der Waals surface area contributed by atoms with Crippen LogP contribution in [0.3, 0.4) is 0 Å². The Kier molecular flexibility index (Phi) is 6.51. The molecule has 7 nitrogen and oxygen atoms in total. The summed E-state index contributed by atoms with van der Waals surface area (Å²) >= 11 is 1.31. The molecule has 0 aliphatic carbocycles. The van der Waals surface area contributed by atoms with Gasteiger partial charge in [-0.25, -0.2) is 4.98 Å². The van der Waals surface area contributed by atoms with E-state index in [2.05, 4.69) is 22.4 Å². The van der Waals surface area contributed by atoms with E-state index in [1.165, 1.54) is 11.8 Å². The number of anilines is 1. The fourth-order valence-electron chi connectivity index (χ4n) is 2.83. The third-order valence-corrected chi connectivity index (χ3v) is 5.71. The summed E-state index contributed by atoms with van der Waals surface area (Å²) in [6.45, 7) is 6.35. The van der Waals surface area contributed by atoms with Gasteiger partial charge < -0.3 is 9.84 Å². The molecule has 0 fully saturated rings. The lowest BCUT2D eigenvalue weighted by Crippen LogP contribution is -2.28. The topological polar surface area (TPSA) is 90.0 Å². The first-order valence-corrected chi connectivity index (χ1v) is 10.3. The molecule has 2 heterocycles. The van der Waals surface area contributed by atoms with Crippen molar-refractivity contribution in [1.82, 2.24) is 14.7 Å². The van der Waals surface area contributed by atoms with E-state index in [4.69, 9.17) is 4.52 Å². The van der Waals surface area contributed by atoms with Crippen LogP contribution >= 0.6 is 11.8 Å². The van der Waals surface area contributed by atoms with Crippen molar-refractivity contribution in [3.05, 3.63) is 46.4 Å². The van der Waals surface area contributed by atoms with Crippen molar-refractivity contribution < 1.29 is 9.32 Å². The molecule has 0 aliphatic heterocycles. The second-order valence-corrected chi connectivity index (χ2v) is 7.72. The third-order valence-electron chi connectivity index (χ3n) is 4.35. The van der Waals surface area contributed by atoms with Gasteiger partial charge in [0.1, 0.15) is 5.76 Å². The van der Waals surface area contributed by atoms with Gasteiger partial charge in [0.2, 0.25) is 5.91 Å². The maximum Gasteiger partial charge on any atom is 0.262 e. The molecule has 0 aliphatic rings. The number of rotatable bonds is 8. The van der Waals surface area contributed by atoms with Crippen LogP contribution in [0.2, 0.25) is 0 Å². The van der Waals surface area contributed by atoms with E-state index in [9.17, 15) is 9.59 Å². The number of hydrogen-bond acceptors (Lipinski definition) is 6. The van der Waals surface area contributed by atoms with E-state index in [-0.39, 0.29) is 11.5 Å². The van der Waals surface area contributed by atoms with Crippen molar-refractivity contribution in [3.8, 4) is 0 Å². The average Bonchev–Trinajstić information content (AvgIpc) is 3.10. The maximum atomic E-state index is 13.0. The van der Waals surface area contributed by atoms with Crippen LogP contribution in [0.4, 0.5) is 5.82 Å². The Labute approximate surface area is 167 Å². The Balaban J connectivity index is 1.91. The van der Waals surface area contributed by atoms with Gasteiger partial charge in [-0.05, 0) is 31.9 Å². The second-order valence-electron chi connectivity index (χ2n) is 6.55. The van der Waals surface area contributed by atoms with Crippen LogP contribution in [0.1, 0.15) is 38.9 Å². The van der Waals surface area contributed by atoms with Gasteiger partial charge in [-0.1, -0.05) is 49.3 Å². The lowest BCUT2D eigenvalue weighted by atomic mass is 10.2. The fraction of sp³-hybridized carbons (Fsp3) is 0.400. The molecule has 28 heavy (non-hydrogen) atoms. The molecule has 0 bridgehead atoms. The van der Waals surface area contributed by atoms with Crippen molar-refractivity contribution in [2.75, 3.05) is 5.32 Å². The van der Waals surface area contributed by atoms with E-state index in [0.717, 1.165) is 12.8 Å². The number of aromatic nitrogens is 3. The number of unbranched alkanes of at least 4 members (excludes halogenated alkanes) is 1. The van der Waals surface area contributed by atoms with E-state index in [1.807, 2.05) is 25.1 Å². The van der Waals surface area contributed by atoms with E-state index in [1.54, 1.807) is 23.6 Å². The Morgan fingerprint density at radius 1 is 1.32 bits per heavy atom. The summed E-state index contributed by atoms with van der Waals surface area (Å²) in [5.41, 5.74) is 0.578. The number of aryl methyl sites for hydroxylation is 1. The summed E-state index contributed by atoms with van der Waals surface area (Å²) in [6.07, 6.45) is 2.42. The SMILES string of the molecule is CCCCn1c(SC(CC)C(=O)Nc2cc(C)on2)nc2ccccc2c1=O. The Morgan fingerprint density at radius 3 is 2.79 bits per heavy atom. The number of carbonyl (C=O) groups is 1. The molecule has 0 radical (unpaired) electrons. The molecule has 1 N–H and O–H groups in total. The van der Waals surface area contributed by atoms with Crippen molar-refractivity contribution in [2.45, 2.75) is 57.0 Å². The van der Waals surface area contributed by atoms with Crippen LogP contribution in [0.15, 0.2) is 44.8 Å². The van der Waals surface area contributed by atoms with Crippen molar-refractivity contribution >= 4 is 34.4 Å². The van der Waals surface area contributed by atoms with Gasteiger partial charge in [0, 0.05) is 12.6 Å². The summed E-state index contributed by atoms with van der Waals surface area (Å²) in [4.78, 5) is 30.4. The van der Waals surface area contributed by atoms with Gasteiger partial charge in [0.15, 0.2) is 11.0 Å². The summed E-state index contributed by atoms with van der Waals surface area (Å²) in [6, 6.07) is 8.98. The van der Waals surface area contributed by atoms with Crippen LogP contribution in [0.25, 0.3) is 10.9 Å². The standard InChI is InChI=1S/C20H24N4O3S/c1-4-6-11-24-19(26)14-9-7-8-10-15(14)21-20(24)28-16(5-2)18(25)22-17-12-13(3)27-23-17/h7-10,12,16H,4-6,11H2,1-3H3,(H,22,23,25). The molecule has 0 saturated heterocycles. The molecule has 2 aromatic heterocycles. The van der Waals surface area contributed by atoms with E-state index in [0.29, 0.717) is 40.6 Å². The van der Waals surface area contributed by atoms with Gasteiger partial charge in [0.25, 0.3) is 5.56 Å². The predicted molar refractivity (Wildman–Crippen MR) is 111 cm³/mol. The number of benzene rings is 1.